The smallest absolute Gasteiger partial charge is 0.227 e. The number of rotatable bonds is 5. The maximum absolute atomic E-state index is 12.1. The van der Waals surface area contributed by atoms with Gasteiger partial charge in [0.2, 0.25) is 17.7 Å². The summed E-state index contributed by atoms with van der Waals surface area (Å²) in [7, 11) is 1.54. The van der Waals surface area contributed by atoms with Gasteiger partial charge in [0.05, 0.1) is 19.0 Å². The number of amides is 2. The molecule has 0 saturated carbocycles. The Balaban J connectivity index is 1.53. The molecular weight excluding hydrogens is 306 g/mol. The Morgan fingerprint density at radius 2 is 2.17 bits per heavy atom. The van der Waals surface area contributed by atoms with Gasteiger partial charge in [-0.05, 0) is 30.5 Å². The number of hydrogen-bond donors (Lipinski definition) is 2. The largest absolute Gasteiger partial charge is 0.481 e. The van der Waals surface area contributed by atoms with E-state index in [0.29, 0.717) is 24.4 Å². The van der Waals surface area contributed by atoms with Gasteiger partial charge in [0.15, 0.2) is 0 Å². The van der Waals surface area contributed by atoms with Crippen LogP contribution in [0.2, 0.25) is 0 Å². The predicted octanol–water partition coefficient (Wildman–Crippen LogP) is 2.62. The van der Waals surface area contributed by atoms with Crippen LogP contribution in [-0.2, 0) is 16.0 Å². The topological polar surface area (TPSA) is 80.3 Å². The molecule has 2 N–H and O–H groups in total. The van der Waals surface area contributed by atoms with Crippen LogP contribution in [0.5, 0.6) is 5.88 Å². The van der Waals surface area contributed by atoms with Crippen LogP contribution in [0.4, 0.5) is 11.4 Å². The zero-order chi connectivity index (χ0) is 16.9. The number of methoxy groups -OCH3 is 1. The van der Waals surface area contributed by atoms with E-state index in [1.165, 1.54) is 7.11 Å². The number of carbonyl (C=O) groups excluding carboxylic acids is 2. The maximum Gasteiger partial charge on any atom is 0.227 e. The van der Waals surface area contributed by atoms with E-state index >= 15 is 0 Å². The summed E-state index contributed by atoms with van der Waals surface area (Å²) in [5, 5.41) is 5.68. The number of benzene rings is 1. The Kier molecular flexibility index (Phi) is 4.74. The Morgan fingerprint density at radius 3 is 2.92 bits per heavy atom. The molecule has 0 fully saturated rings. The summed E-state index contributed by atoms with van der Waals surface area (Å²) in [5.41, 5.74) is 2.59. The van der Waals surface area contributed by atoms with Crippen LogP contribution >= 0.6 is 0 Å². The average molecular weight is 325 g/mol. The van der Waals surface area contributed by atoms with Crippen molar-refractivity contribution in [1.29, 1.82) is 0 Å². The van der Waals surface area contributed by atoms with E-state index in [4.69, 9.17) is 4.74 Å². The van der Waals surface area contributed by atoms with Crippen molar-refractivity contribution in [2.24, 2.45) is 5.92 Å². The van der Waals surface area contributed by atoms with Crippen LogP contribution in [0.3, 0.4) is 0 Å². The molecule has 1 aromatic heterocycles. The molecule has 2 heterocycles. The van der Waals surface area contributed by atoms with Crippen molar-refractivity contribution in [3.63, 3.8) is 0 Å². The van der Waals surface area contributed by atoms with Crippen molar-refractivity contribution < 1.29 is 14.3 Å². The molecule has 0 unspecified atom stereocenters. The minimum atomic E-state index is -0.181. The van der Waals surface area contributed by atoms with Crippen LogP contribution < -0.4 is 15.4 Å². The summed E-state index contributed by atoms with van der Waals surface area (Å²) in [6, 6.07) is 11.2. The number of fused-ring (bicyclic) bond motifs is 1. The van der Waals surface area contributed by atoms with Crippen molar-refractivity contribution in [3.8, 4) is 5.88 Å². The van der Waals surface area contributed by atoms with Crippen LogP contribution in [0, 0.1) is 5.92 Å². The number of ether oxygens (including phenoxy) is 1. The third kappa shape index (κ3) is 3.71. The number of hydrogen-bond acceptors (Lipinski definition) is 4. The molecule has 124 valence electrons. The van der Waals surface area contributed by atoms with Crippen molar-refractivity contribution in [1.82, 2.24) is 4.98 Å². The van der Waals surface area contributed by atoms with Gasteiger partial charge in [-0.3, -0.25) is 9.59 Å². The first-order valence-electron chi connectivity index (χ1n) is 7.84. The van der Waals surface area contributed by atoms with Gasteiger partial charge in [0, 0.05) is 24.1 Å². The van der Waals surface area contributed by atoms with Gasteiger partial charge in [-0.1, -0.05) is 18.2 Å². The Morgan fingerprint density at radius 1 is 1.33 bits per heavy atom. The summed E-state index contributed by atoms with van der Waals surface area (Å²) >= 11 is 0. The quantitative estimate of drug-likeness (QED) is 0.885. The molecule has 1 aliphatic rings. The number of nitrogens with one attached hydrogen (secondary N) is 2. The molecule has 2 amide bonds. The monoisotopic (exact) mass is 325 g/mol. The highest BCUT2D eigenvalue weighted by atomic mass is 16.5. The van der Waals surface area contributed by atoms with Gasteiger partial charge in [-0.25, -0.2) is 4.98 Å². The van der Waals surface area contributed by atoms with E-state index in [1.807, 2.05) is 24.3 Å². The van der Waals surface area contributed by atoms with Gasteiger partial charge >= 0.3 is 0 Å². The molecule has 1 aliphatic heterocycles. The Hall–Kier alpha value is -2.89. The van der Waals surface area contributed by atoms with Crippen molar-refractivity contribution in [2.45, 2.75) is 19.3 Å². The zero-order valence-corrected chi connectivity index (χ0v) is 13.4. The van der Waals surface area contributed by atoms with E-state index in [2.05, 4.69) is 15.6 Å². The zero-order valence-electron chi connectivity index (χ0n) is 13.4. The molecule has 0 radical (unpaired) electrons. The van der Waals surface area contributed by atoms with Gasteiger partial charge in [-0.15, -0.1) is 0 Å². The van der Waals surface area contributed by atoms with Crippen LogP contribution in [0.1, 0.15) is 18.4 Å². The number of aromatic nitrogens is 1. The molecule has 6 heteroatoms. The minimum absolute atomic E-state index is 0.0207. The molecular formula is C18H19N3O3. The van der Waals surface area contributed by atoms with Crippen molar-refractivity contribution in [3.05, 3.63) is 48.2 Å². The standard InChI is InChI=1S/C18H19N3O3/c1-24-17-9-7-14(11-19-17)20-16(22)8-6-13-10-12-4-2-3-5-15(12)21-18(13)23/h2-5,7,9,11,13H,6,8,10H2,1H3,(H,20,22)(H,21,23)/t13-/m0/s1. The summed E-state index contributed by atoms with van der Waals surface area (Å²) in [4.78, 5) is 28.2. The second-order valence-electron chi connectivity index (χ2n) is 5.72. The third-order valence-electron chi connectivity index (χ3n) is 4.06. The third-order valence-corrected chi connectivity index (χ3v) is 4.06. The highest BCUT2D eigenvalue weighted by Crippen LogP contribution is 2.27. The minimum Gasteiger partial charge on any atom is -0.481 e. The molecule has 0 saturated heterocycles. The fourth-order valence-corrected chi connectivity index (χ4v) is 2.75. The number of carbonyl (C=O) groups is 2. The van der Waals surface area contributed by atoms with Gasteiger partial charge in [-0.2, -0.15) is 0 Å². The Labute approximate surface area is 140 Å². The molecule has 2 aromatic rings. The van der Waals surface area contributed by atoms with Gasteiger partial charge in [0.1, 0.15) is 0 Å². The molecule has 0 spiro atoms. The maximum atomic E-state index is 12.1. The lowest BCUT2D eigenvalue weighted by Gasteiger charge is -2.24. The summed E-state index contributed by atoms with van der Waals surface area (Å²) in [5.74, 6) is 0.159. The summed E-state index contributed by atoms with van der Waals surface area (Å²) in [6.07, 6.45) is 3.00. The van der Waals surface area contributed by atoms with Crippen LogP contribution in [-0.4, -0.2) is 23.9 Å². The molecule has 24 heavy (non-hydrogen) atoms. The second-order valence-corrected chi connectivity index (χ2v) is 5.72. The van der Waals surface area contributed by atoms with E-state index in [1.54, 1.807) is 18.3 Å². The highest BCUT2D eigenvalue weighted by Gasteiger charge is 2.26. The SMILES string of the molecule is COc1ccc(NC(=O)CC[C@H]2Cc3ccccc3NC2=O)cn1. The van der Waals surface area contributed by atoms with Gasteiger partial charge < -0.3 is 15.4 Å². The Bertz CT molecular complexity index is 743. The molecule has 6 nitrogen and oxygen atoms in total. The van der Waals surface area contributed by atoms with E-state index < -0.39 is 0 Å². The van der Waals surface area contributed by atoms with Crippen LogP contribution in [0.25, 0.3) is 0 Å². The average Bonchev–Trinajstić information content (AvgIpc) is 2.60. The van der Waals surface area contributed by atoms with E-state index in [9.17, 15) is 9.59 Å². The van der Waals surface area contributed by atoms with Crippen LogP contribution in [0.15, 0.2) is 42.6 Å². The van der Waals surface area contributed by atoms with Crippen molar-refractivity contribution >= 4 is 23.2 Å². The highest BCUT2D eigenvalue weighted by molar-refractivity contribution is 5.96. The summed E-state index contributed by atoms with van der Waals surface area (Å²) in [6.45, 7) is 0. The van der Waals surface area contributed by atoms with E-state index in [-0.39, 0.29) is 24.2 Å². The number of anilines is 2. The lowest BCUT2D eigenvalue weighted by atomic mass is 9.89. The number of pyridine rings is 1. The van der Waals surface area contributed by atoms with Crippen molar-refractivity contribution in [2.75, 3.05) is 17.7 Å². The number of para-hydroxylation sites is 1. The van der Waals surface area contributed by atoms with Gasteiger partial charge in [0.25, 0.3) is 0 Å². The second kappa shape index (κ2) is 7.12. The first-order valence-corrected chi connectivity index (χ1v) is 7.84. The lowest BCUT2D eigenvalue weighted by Crippen LogP contribution is -2.30. The first-order chi connectivity index (χ1) is 11.7. The molecule has 0 bridgehead atoms. The molecule has 1 atom stereocenters. The fourth-order valence-electron chi connectivity index (χ4n) is 2.75. The summed E-state index contributed by atoms with van der Waals surface area (Å²) < 4.78 is 4.97. The fraction of sp³-hybridized carbons (Fsp3) is 0.278. The predicted molar refractivity (Wildman–Crippen MR) is 90.9 cm³/mol. The molecule has 0 aliphatic carbocycles. The number of nitrogens with zero attached hydrogens (tertiary/aromatic N) is 1. The molecule has 1 aromatic carbocycles. The van der Waals surface area contributed by atoms with E-state index in [0.717, 1.165) is 11.3 Å². The molecule has 3 rings (SSSR count). The normalized spacial score (nSPS) is 16.0. The first kappa shape index (κ1) is 16.0. The lowest BCUT2D eigenvalue weighted by molar-refractivity contribution is -0.121.